The maximum Gasteiger partial charge on any atom is 0.224 e. The van der Waals surface area contributed by atoms with Crippen LogP contribution in [0, 0.1) is 11.6 Å². The van der Waals surface area contributed by atoms with Gasteiger partial charge in [-0.1, -0.05) is 12.1 Å². The maximum atomic E-state index is 13.1. The minimum atomic E-state index is -0.303. The molecule has 1 aliphatic heterocycles. The van der Waals surface area contributed by atoms with E-state index in [2.05, 4.69) is 20.4 Å². The zero-order chi connectivity index (χ0) is 20.2. The lowest BCUT2D eigenvalue weighted by atomic mass is 10.0. The number of hydrogen-bond acceptors (Lipinski definition) is 3. The summed E-state index contributed by atoms with van der Waals surface area (Å²) in [6.07, 6.45) is 1.91. The number of piperidine rings is 1. The molecule has 7 heteroatoms. The number of nitrogens with zero attached hydrogens (tertiary/aromatic N) is 2. The predicted octanol–water partition coefficient (Wildman–Crippen LogP) is 3.68. The van der Waals surface area contributed by atoms with Crippen LogP contribution in [0.5, 0.6) is 0 Å². The SMILES string of the molecule is O=C(Cc1ccc(F)cc1)NC1CCN(c2cc(-c3ccc(F)cc3)[nH]n2)CC1. The van der Waals surface area contributed by atoms with Gasteiger partial charge in [0.15, 0.2) is 5.82 Å². The number of benzene rings is 2. The summed E-state index contributed by atoms with van der Waals surface area (Å²) in [5.74, 6) is 0.230. The van der Waals surface area contributed by atoms with E-state index in [0.717, 1.165) is 48.6 Å². The van der Waals surface area contributed by atoms with Crippen molar-refractivity contribution in [3.05, 3.63) is 71.8 Å². The summed E-state index contributed by atoms with van der Waals surface area (Å²) in [5, 5.41) is 10.4. The van der Waals surface area contributed by atoms with Crippen molar-refractivity contribution in [3.63, 3.8) is 0 Å². The first kappa shape index (κ1) is 19.1. The number of H-pyrrole nitrogens is 1. The first-order valence-corrected chi connectivity index (χ1v) is 9.67. The Morgan fingerprint density at radius 2 is 1.66 bits per heavy atom. The highest BCUT2D eigenvalue weighted by atomic mass is 19.1. The van der Waals surface area contributed by atoms with E-state index in [1.807, 2.05) is 6.07 Å². The first-order valence-electron chi connectivity index (χ1n) is 9.67. The third-order valence-corrected chi connectivity index (χ3v) is 5.18. The molecule has 2 heterocycles. The third kappa shape index (κ3) is 4.80. The molecule has 1 saturated heterocycles. The molecular weight excluding hydrogens is 374 g/mol. The van der Waals surface area contributed by atoms with Crippen LogP contribution in [0.4, 0.5) is 14.6 Å². The summed E-state index contributed by atoms with van der Waals surface area (Å²) in [7, 11) is 0. The van der Waals surface area contributed by atoms with Crippen LogP contribution in [0.15, 0.2) is 54.6 Å². The van der Waals surface area contributed by atoms with Crippen LogP contribution in [0.1, 0.15) is 18.4 Å². The fourth-order valence-electron chi connectivity index (χ4n) is 3.57. The average molecular weight is 396 g/mol. The lowest BCUT2D eigenvalue weighted by Gasteiger charge is -2.32. The summed E-state index contributed by atoms with van der Waals surface area (Å²) in [4.78, 5) is 14.4. The van der Waals surface area contributed by atoms with Crippen molar-refractivity contribution in [3.8, 4) is 11.3 Å². The molecule has 2 N–H and O–H groups in total. The highest BCUT2D eigenvalue weighted by Gasteiger charge is 2.22. The van der Waals surface area contributed by atoms with E-state index >= 15 is 0 Å². The summed E-state index contributed by atoms with van der Waals surface area (Å²) >= 11 is 0. The van der Waals surface area contributed by atoms with E-state index in [1.54, 1.807) is 24.3 Å². The number of carbonyl (C=O) groups is 1. The van der Waals surface area contributed by atoms with Gasteiger partial charge >= 0.3 is 0 Å². The van der Waals surface area contributed by atoms with Crippen molar-refractivity contribution < 1.29 is 13.6 Å². The lowest BCUT2D eigenvalue weighted by Crippen LogP contribution is -2.45. The van der Waals surface area contributed by atoms with Gasteiger partial charge in [-0.15, -0.1) is 0 Å². The topological polar surface area (TPSA) is 61.0 Å². The van der Waals surface area contributed by atoms with E-state index in [1.165, 1.54) is 24.3 Å². The average Bonchev–Trinajstić information content (AvgIpc) is 3.21. The Kier molecular flexibility index (Phi) is 5.55. The predicted molar refractivity (Wildman–Crippen MR) is 107 cm³/mol. The number of aromatic nitrogens is 2. The van der Waals surface area contributed by atoms with Gasteiger partial charge in [0.25, 0.3) is 0 Å². The maximum absolute atomic E-state index is 13.1. The second-order valence-electron chi connectivity index (χ2n) is 7.28. The molecule has 0 spiro atoms. The number of anilines is 1. The Labute approximate surface area is 167 Å². The van der Waals surface area contributed by atoms with Crippen LogP contribution < -0.4 is 10.2 Å². The minimum Gasteiger partial charge on any atom is -0.355 e. The molecule has 3 aromatic rings. The van der Waals surface area contributed by atoms with E-state index in [-0.39, 0.29) is 30.0 Å². The highest BCUT2D eigenvalue weighted by Crippen LogP contribution is 2.24. The van der Waals surface area contributed by atoms with Crippen LogP contribution >= 0.6 is 0 Å². The fraction of sp³-hybridized carbons (Fsp3) is 0.273. The molecule has 0 atom stereocenters. The second-order valence-corrected chi connectivity index (χ2v) is 7.28. The number of amides is 1. The standard InChI is InChI=1S/C22H22F2N4O/c23-17-5-1-15(2-6-17)13-22(29)25-19-9-11-28(12-10-19)21-14-20(26-27-21)16-3-7-18(24)8-4-16/h1-8,14,19H,9-13H2,(H,25,29)(H,26,27). The monoisotopic (exact) mass is 396 g/mol. The minimum absolute atomic E-state index is 0.0478. The van der Waals surface area contributed by atoms with Crippen molar-refractivity contribution in [2.75, 3.05) is 18.0 Å². The van der Waals surface area contributed by atoms with E-state index < -0.39 is 0 Å². The molecule has 0 saturated carbocycles. The summed E-state index contributed by atoms with van der Waals surface area (Å²) in [6.45, 7) is 1.57. The molecule has 1 aliphatic rings. The van der Waals surface area contributed by atoms with Crippen LogP contribution in [-0.2, 0) is 11.2 Å². The van der Waals surface area contributed by atoms with Gasteiger partial charge in [0.05, 0.1) is 12.1 Å². The van der Waals surface area contributed by atoms with Gasteiger partial charge in [-0.25, -0.2) is 8.78 Å². The number of carbonyl (C=O) groups excluding carboxylic acids is 1. The van der Waals surface area contributed by atoms with Crippen molar-refractivity contribution in [1.29, 1.82) is 0 Å². The van der Waals surface area contributed by atoms with Crippen LogP contribution in [0.3, 0.4) is 0 Å². The number of halogens is 2. The van der Waals surface area contributed by atoms with Crippen LogP contribution in [-0.4, -0.2) is 35.2 Å². The lowest BCUT2D eigenvalue weighted by molar-refractivity contribution is -0.121. The molecule has 1 fully saturated rings. The molecule has 1 amide bonds. The van der Waals surface area contributed by atoms with Crippen molar-refractivity contribution in [2.45, 2.75) is 25.3 Å². The number of hydrogen-bond donors (Lipinski definition) is 2. The van der Waals surface area contributed by atoms with Gasteiger partial charge in [-0.2, -0.15) is 5.10 Å². The second kappa shape index (κ2) is 8.43. The molecule has 0 bridgehead atoms. The van der Waals surface area contributed by atoms with Gasteiger partial charge in [0.2, 0.25) is 5.91 Å². The van der Waals surface area contributed by atoms with Crippen molar-refractivity contribution in [1.82, 2.24) is 15.5 Å². The quantitative estimate of drug-likeness (QED) is 0.692. The Morgan fingerprint density at radius 1 is 1.03 bits per heavy atom. The van der Waals surface area contributed by atoms with Gasteiger partial charge < -0.3 is 10.2 Å². The summed E-state index contributed by atoms with van der Waals surface area (Å²) in [5.41, 5.74) is 2.52. The van der Waals surface area contributed by atoms with Gasteiger partial charge in [-0.05, 0) is 60.4 Å². The zero-order valence-electron chi connectivity index (χ0n) is 15.9. The van der Waals surface area contributed by atoms with E-state index in [9.17, 15) is 13.6 Å². The van der Waals surface area contributed by atoms with Crippen molar-refractivity contribution >= 4 is 11.7 Å². The first-order chi connectivity index (χ1) is 14.1. The highest BCUT2D eigenvalue weighted by molar-refractivity contribution is 5.78. The molecule has 0 unspecified atom stereocenters. The van der Waals surface area contributed by atoms with E-state index in [0.29, 0.717) is 0 Å². The third-order valence-electron chi connectivity index (χ3n) is 5.18. The summed E-state index contributed by atoms with van der Waals surface area (Å²) in [6, 6.07) is 14.4. The molecule has 0 aliphatic carbocycles. The number of rotatable bonds is 5. The molecule has 0 radical (unpaired) electrons. The molecule has 4 rings (SSSR count). The number of aromatic amines is 1. The zero-order valence-corrected chi connectivity index (χ0v) is 15.9. The smallest absolute Gasteiger partial charge is 0.224 e. The van der Waals surface area contributed by atoms with Gasteiger partial charge in [0.1, 0.15) is 11.6 Å². The largest absolute Gasteiger partial charge is 0.355 e. The molecular formula is C22H22F2N4O. The van der Waals surface area contributed by atoms with Crippen molar-refractivity contribution in [2.24, 2.45) is 0 Å². The van der Waals surface area contributed by atoms with Gasteiger partial charge in [0, 0.05) is 25.2 Å². The van der Waals surface area contributed by atoms with E-state index in [4.69, 9.17) is 0 Å². The Morgan fingerprint density at radius 3 is 2.31 bits per heavy atom. The molecule has 29 heavy (non-hydrogen) atoms. The number of nitrogens with one attached hydrogen (secondary N) is 2. The van der Waals surface area contributed by atoms with Gasteiger partial charge in [-0.3, -0.25) is 9.89 Å². The Hall–Kier alpha value is -3.22. The fourth-order valence-corrected chi connectivity index (χ4v) is 3.57. The van der Waals surface area contributed by atoms with Crippen LogP contribution in [0.25, 0.3) is 11.3 Å². The molecule has 2 aromatic carbocycles. The molecule has 5 nitrogen and oxygen atoms in total. The summed E-state index contributed by atoms with van der Waals surface area (Å²) < 4.78 is 26.0. The molecule has 1 aromatic heterocycles. The molecule has 150 valence electrons. The Balaban J connectivity index is 1.28. The van der Waals surface area contributed by atoms with Crippen LogP contribution in [0.2, 0.25) is 0 Å². The Bertz CT molecular complexity index is 961. The normalized spacial score (nSPS) is 14.8.